The number of nitrogen functional groups attached to an aromatic ring is 1. The lowest BCUT2D eigenvalue weighted by atomic mass is 10.1. The fourth-order valence-electron chi connectivity index (χ4n) is 3.46. The Morgan fingerprint density at radius 2 is 1.82 bits per heavy atom. The number of thiazole rings is 1. The zero-order valence-corrected chi connectivity index (χ0v) is 19.5. The second kappa shape index (κ2) is 8.68. The highest BCUT2D eigenvalue weighted by Gasteiger charge is 2.19. The van der Waals surface area contributed by atoms with Crippen molar-refractivity contribution in [3.05, 3.63) is 59.5 Å². The van der Waals surface area contributed by atoms with Crippen LogP contribution in [0.25, 0.3) is 31.7 Å². The van der Waals surface area contributed by atoms with Crippen molar-refractivity contribution >= 4 is 59.8 Å². The summed E-state index contributed by atoms with van der Waals surface area (Å²) in [6, 6.07) is 17.1. The topological polar surface area (TPSA) is 99.4 Å². The molecular formula is C24H20N4O3S2. The Balaban J connectivity index is 1.42. The Morgan fingerprint density at radius 3 is 2.58 bits per heavy atom. The molecule has 2 aromatic carbocycles. The van der Waals surface area contributed by atoms with Crippen LogP contribution in [0.1, 0.15) is 16.6 Å². The molecule has 5 aromatic rings. The third-order valence-electron chi connectivity index (χ3n) is 5.08. The van der Waals surface area contributed by atoms with Gasteiger partial charge in [0.25, 0.3) is 5.91 Å². The number of methoxy groups -OCH3 is 1. The van der Waals surface area contributed by atoms with E-state index in [2.05, 4.69) is 10.3 Å². The van der Waals surface area contributed by atoms with Crippen molar-refractivity contribution in [1.82, 2.24) is 9.97 Å². The molecule has 3 N–H and O–H groups in total. The van der Waals surface area contributed by atoms with E-state index in [4.69, 9.17) is 20.2 Å². The van der Waals surface area contributed by atoms with Crippen LogP contribution < -0.4 is 20.5 Å². The molecule has 0 aliphatic rings. The lowest BCUT2D eigenvalue weighted by Crippen LogP contribution is -2.11. The van der Waals surface area contributed by atoms with Gasteiger partial charge in [0, 0.05) is 10.9 Å². The van der Waals surface area contributed by atoms with Crippen LogP contribution in [0.15, 0.2) is 54.6 Å². The maximum absolute atomic E-state index is 13.0. The molecule has 0 fully saturated rings. The van der Waals surface area contributed by atoms with E-state index in [9.17, 15) is 4.79 Å². The van der Waals surface area contributed by atoms with E-state index >= 15 is 0 Å². The molecule has 5 rings (SSSR count). The summed E-state index contributed by atoms with van der Waals surface area (Å²) in [6.45, 7) is 2.53. The van der Waals surface area contributed by atoms with Crippen LogP contribution in [0, 0.1) is 0 Å². The molecule has 9 heteroatoms. The number of carbonyl (C=O) groups is 1. The Kier molecular flexibility index (Phi) is 5.57. The number of benzene rings is 2. The van der Waals surface area contributed by atoms with Gasteiger partial charge in [0.1, 0.15) is 21.2 Å². The van der Waals surface area contributed by atoms with Gasteiger partial charge in [-0.1, -0.05) is 11.3 Å². The van der Waals surface area contributed by atoms with Gasteiger partial charge >= 0.3 is 0 Å². The van der Waals surface area contributed by atoms with Crippen LogP contribution in [0.4, 0.5) is 10.8 Å². The zero-order chi connectivity index (χ0) is 22.9. The third-order valence-corrected chi connectivity index (χ3v) is 7.12. The van der Waals surface area contributed by atoms with Crippen molar-refractivity contribution in [2.75, 3.05) is 24.8 Å². The quantitative estimate of drug-likeness (QED) is 0.321. The first-order valence-corrected chi connectivity index (χ1v) is 11.9. The van der Waals surface area contributed by atoms with Gasteiger partial charge in [-0.3, -0.25) is 10.1 Å². The second-order valence-electron chi connectivity index (χ2n) is 7.16. The maximum atomic E-state index is 13.0. The smallest absolute Gasteiger partial charge is 0.269 e. The van der Waals surface area contributed by atoms with E-state index in [-0.39, 0.29) is 5.91 Å². The summed E-state index contributed by atoms with van der Waals surface area (Å²) in [5, 5.41) is 4.14. The Morgan fingerprint density at radius 1 is 1.03 bits per heavy atom. The number of rotatable bonds is 6. The molecule has 0 aliphatic carbocycles. The summed E-state index contributed by atoms with van der Waals surface area (Å²) < 4.78 is 11.7. The highest BCUT2D eigenvalue weighted by atomic mass is 32.1. The van der Waals surface area contributed by atoms with Gasteiger partial charge in [0.15, 0.2) is 5.13 Å². The van der Waals surface area contributed by atoms with Gasteiger partial charge < -0.3 is 15.2 Å². The van der Waals surface area contributed by atoms with Gasteiger partial charge in [0.2, 0.25) is 0 Å². The number of nitrogens with one attached hydrogen (secondary N) is 1. The van der Waals surface area contributed by atoms with Gasteiger partial charge in [-0.05, 0) is 61.5 Å². The highest BCUT2D eigenvalue weighted by Crippen LogP contribution is 2.36. The summed E-state index contributed by atoms with van der Waals surface area (Å²) in [5.74, 6) is 1.26. The first-order chi connectivity index (χ1) is 16.1. The summed E-state index contributed by atoms with van der Waals surface area (Å²) in [4.78, 5) is 23.3. The lowest BCUT2D eigenvalue weighted by Gasteiger charge is -2.03. The van der Waals surface area contributed by atoms with E-state index in [1.807, 2.05) is 61.5 Å². The first kappa shape index (κ1) is 21.2. The normalized spacial score (nSPS) is 11.1. The molecule has 0 spiro atoms. The van der Waals surface area contributed by atoms with Crippen LogP contribution in [0.5, 0.6) is 11.5 Å². The van der Waals surface area contributed by atoms with Gasteiger partial charge in [-0.2, -0.15) is 0 Å². The maximum Gasteiger partial charge on any atom is 0.269 e. The number of pyridine rings is 1. The summed E-state index contributed by atoms with van der Waals surface area (Å²) >= 11 is 2.66. The van der Waals surface area contributed by atoms with E-state index in [1.165, 1.54) is 22.7 Å². The summed E-state index contributed by atoms with van der Waals surface area (Å²) in [5.41, 5.74) is 9.28. The Bertz CT molecular complexity index is 1470. The molecule has 3 aromatic heterocycles. The van der Waals surface area contributed by atoms with Crippen molar-refractivity contribution in [2.45, 2.75) is 6.92 Å². The predicted molar refractivity (Wildman–Crippen MR) is 135 cm³/mol. The molecule has 1 amide bonds. The Labute approximate surface area is 197 Å². The minimum Gasteiger partial charge on any atom is -0.497 e. The average molecular weight is 477 g/mol. The minimum atomic E-state index is -0.300. The standard InChI is InChI=1S/C24H20N4O3S2/c1-3-31-15-8-10-18-19(12-15)32-24(27-18)28-22(29)21-20(25)16-9-11-17(26-23(16)33-21)13-4-6-14(30-2)7-5-13/h4-12H,3,25H2,1-2H3,(H,27,28,29). The number of fused-ring (bicyclic) bond motifs is 2. The first-order valence-electron chi connectivity index (χ1n) is 10.2. The molecule has 0 saturated heterocycles. The minimum absolute atomic E-state index is 0.300. The molecule has 7 nitrogen and oxygen atoms in total. The number of aromatic nitrogens is 2. The monoisotopic (exact) mass is 476 g/mol. The summed E-state index contributed by atoms with van der Waals surface area (Å²) in [6.07, 6.45) is 0. The molecule has 33 heavy (non-hydrogen) atoms. The summed E-state index contributed by atoms with van der Waals surface area (Å²) in [7, 11) is 1.63. The third kappa shape index (κ3) is 4.08. The number of hydrogen-bond donors (Lipinski definition) is 2. The predicted octanol–water partition coefficient (Wildman–Crippen LogP) is 5.81. The molecule has 0 unspecified atom stereocenters. The van der Waals surface area contributed by atoms with Gasteiger partial charge in [0.05, 0.1) is 35.3 Å². The number of nitrogens with zero attached hydrogens (tertiary/aromatic N) is 2. The number of anilines is 2. The number of hydrogen-bond acceptors (Lipinski definition) is 8. The van der Waals surface area contributed by atoms with E-state index in [0.717, 1.165) is 38.4 Å². The number of thiophene rings is 1. The number of carbonyl (C=O) groups excluding carboxylic acids is 1. The van der Waals surface area contributed by atoms with Crippen molar-refractivity contribution < 1.29 is 14.3 Å². The molecule has 0 radical (unpaired) electrons. The van der Waals surface area contributed by atoms with Gasteiger partial charge in [-0.15, -0.1) is 11.3 Å². The molecule has 166 valence electrons. The Hall–Kier alpha value is -3.69. The van der Waals surface area contributed by atoms with Crippen LogP contribution in [-0.2, 0) is 0 Å². The van der Waals surface area contributed by atoms with Crippen LogP contribution in [0.3, 0.4) is 0 Å². The number of nitrogens with two attached hydrogens (primary N) is 1. The van der Waals surface area contributed by atoms with Crippen LogP contribution in [-0.4, -0.2) is 29.6 Å². The average Bonchev–Trinajstić information content (AvgIpc) is 3.38. The van der Waals surface area contributed by atoms with Crippen LogP contribution in [0.2, 0.25) is 0 Å². The molecule has 0 saturated carbocycles. The highest BCUT2D eigenvalue weighted by molar-refractivity contribution is 7.23. The molecule has 0 bridgehead atoms. The zero-order valence-electron chi connectivity index (χ0n) is 17.9. The SMILES string of the molecule is CCOc1ccc2nc(NC(=O)c3sc4nc(-c5ccc(OC)cc5)ccc4c3N)sc2c1. The van der Waals surface area contributed by atoms with Gasteiger partial charge in [-0.25, -0.2) is 9.97 Å². The molecule has 0 atom stereocenters. The number of ether oxygens (including phenoxy) is 2. The molecular weight excluding hydrogens is 456 g/mol. The molecule has 3 heterocycles. The van der Waals surface area contributed by atoms with Crippen molar-refractivity contribution in [3.63, 3.8) is 0 Å². The fraction of sp³-hybridized carbons (Fsp3) is 0.125. The van der Waals surface area contributed by atoms with Crippen molar-refractivity contribution in [1.29, 1.82) is 0 Å². The van der Waals surface area contributed by atoms with Crippen molar-refractivity contribution in [3.8, 4) is 22.8 Å². The van der Waals surface area contributed by atoms with E-state index in [1.54, 1.807) is 7.11 Å². The molecule has 0 aliphatic heterocycles. The van der Waals surface area contributed by atoms with E-state index in [0.29, 0.717) is 27.1 Å². The van der Waals surface area contributed by atoms with E-state index < -0.39 is 0 Å². The lowest BCUT2D eigenvalue weighted by molar-refractivity contribution is 0.103. The number of amides is 1. The van der Waals surface area contributed by atoms with Crippen molar-refractivity contribution in [2.24, 2.45) is 0 Å². The fourth-order valence-corrected chi connectivity index (χ4v) is 5.34. The van der Waals surface area contributed by atoms with Crippen LogP contribution >= 0.6 is 22.7 Å². The largest absolute Gasteiger partial charge is 0.497 e. The second-order valence-corrected chi connectivity index (χ2v) is 9.19.